The molecule has 7 nitrogen and oxygen atoms in total. The molecule has 3 aromatic rings. The van der Waals surface area contributed by atoms with Crippen LogP contribution in [0.25, 0.3) is 0 Å². The number of likely N-dealkylation sites (tertiary alicyclic amines) is 1. The van der Waals surface area contributed by atoms with Gasteiger partial charge in [-0.3, -0.25) is 14.4 Å². The van der Waals surface area contributed by atoms with Crippen LogP contribution in [0.4, 0.5) is 10.1 Å². The molecular formula is C26H28FN3O4S. The van der Waals surface area contributed by atoms with E-state index in [2.05, 4.69) is 14.9 Å². The molecule has 0 unspecified atom stereocenters. The van der Waals surface area contributed by atoms with Crippen LogP contribution in [-0.2, 0) is 10.0 Å². The van der Waals surface area contributed by atoms with Crippen LogP contribution >= 0.6 is 0 Å². The summed E-state index contributed by atoms with van der Waals surface area (Å²) in [7, 11) is -2.23. The fraction of sp³-hybridized carbons (Fsp3) is 0.269. The average molecular weight is 498 g/mol. The van der Waals surface area contributed by atoms with Crippen LogP contribution in [0.3, 0.4) is 0 Å². The molecule has 1 heterocycles. The van der Waals surface area contributed by atoms with E-state index in [1.54, 1.807) is 19.2 Å². The number of amides is 1. The number of benzene rings is 3. The van der Waals surface area contributed by atoms with Crippen molar-refractivity contribution in [2.24, 2.45) is 0 Å². The summed E-state index contributed by atoms with van der Waals surface area (Å²) in [5.41, 5.74) is 1.80. The van der Waals surface area contributed by atoms with E-state index in [-0.39, 0.29) is 16.8 Å². The Kier molecular flexibility index (Phi) is 7.67. The zero-order valence-corrected chi connectivity index (χ0v) is 20.2. The highest BCUT2D eigenvalue weighted by Crippen LogP contribution is 2.27. The molecule has 0 aromatic heterocycles. The fourth-order valence-corrected chi connectivity index (χ4v) is 5.23. The Labute approximate surface area is 205 Å². The molecule has 1 aliphatic rings. The average Bonchev–Trinajstić information content (AvgIpc) is 3.39. The summed E-state index contributed by atoms with van der Waals surface area (Å²) < 4.78 is 45.9. The second-order valence-electron chi connectivity index (χ2n) is 8.38. The number of carbonyl (C=O) groups excluding carboxylic acids is 1. The number of halogens is 1. The van der Waals surface area contributed by atoms with Gasteiger partial charge in [-0.05, 0) is 92.2 Å². The van der Waals surface area contributed by atoms with E-state index < -0.39 is 15.8 Å². The summed E-state index contributed by atoms with van der Waals surface area (Å²) in [6.07, 6.45) is 2.26. The number of ether oxygens (including phenoxy) is 1. The number of nitrogens with zero attached hydrogens (tertiary/aromatic N) is 1. The molecule has 1 aliphatic heterocycles. The number of rotatable bonds is 9. The first-order chi connectivity index (χ1) is 16.9. The summed E-state index contributed by atoms with van der Waals surface area (Å²) >= 11 is 0. The molecule has 9 heteroatoms. The van der Waals surface area contributed by atoms with Crippen LogP contribution in [0.1, 0.15) is 34.8 Å². The molecule has 0 saturated carbocycles. The first kappa shape index (κ1) is 24.7. The monoisotopic (exact) mass is 497 g/mol. The molecule has 0 bridgehead atoms. The first-order valence-electron chi connectivity index (χ1n) is 11.4. The summed E-state index contributed by atoms with van der Waals surface area (Å²) in [5.74, 6) is 0.0134. The van der Waals surface area contributed by atoms with Gasteiger partial charge in [0, 0.05) is 17.8 Å². The first-order valence-corrected chi connectivity index (χ1v) is 12.9. The Hall–Kier alpha value is -3.43. The summed E-state index contributed by atoms with van der Waals surface area (Å²) in [6.45, 7) is 2.38. The number of anilines is 1. The topological polar surface area (TPSA) is 87.7 Å². The van der Waals surface area contributed by atoms with Crippen molar-refractivity contribution in [2.75, 3.05) is 31.5 Å². The van der Waals surface area contributed by atoms with Crippen molar-refractivity contribution in [3.05, 3.63) is 89.7 Å². The van der Waals surface area contributed by atoms with Gasteiger partial charge >= 0.3 is 0 Å². The molecule has 0 aliphatic carbocycles. The molecule has 1 atom stereocenters. The van der Waals surface area contributed by atoms with Crippen LogP contribution < -0.4 is 14.8 Å². The van der Waals surface area contributed by atoms with Crippen LogP contribution in [0.15, 0.2) is 77.7 Å². The Balaban J connectivity index is 1.42. The van der Waals surface area contributed by atoms with Gasteiger partial charge in [-0.25, -0.2) is 12.8 Å². The molecule has 1 amide bonds. The lowest BCUT2D eigenvalue weighted by atomic mass is 10.0. The number of methoxy groups -OCH3 is 1. The quantitative estimate of drug-likeness (QED) is 0.463. The maximum atomic E-state index is 13.1. The fourth-order valence-electron chi connectivity index (χ4n) is 4.17. The third-order valence-electron chi connectivity index (χ3n) is 6.04. The van der Waals surface area contributed by atoms with Crippen molar-refractivity contribution >= 4 is 21.6 Å². The Bertz CT molecular complexity index is 1260. The van der Waals surface area contributed by atoms with Gasteiger partial charge in [0.25, 0.3) is 15.9 Å². The van der Waals surface area contributed by atoms with Crippen LogP contribution in [0.5, 0.6) is 5.75 Å². The van der Waals surface area contributed by atoms with E-state index in [0.717, 1.165) is 49.4 Å². The number of nitrogens with one attached hydrogen (secondary N) is 2. The van der Waals surface area contributed by atoms with Crippen molar-refractivity contribution < 1.29 is 22.3 Å². The van der Waals surface area contributed by atoms with Gasteiger partial charge in [-0.15, -0.1) is 0 Å². The largest absolute Gasteiger partial charge is 0.497 e. The van der Waals surface area contributed by atoms with Gasteiger partial charge in [0.05, 0.1) is 18.0 Å². The Morgan fingerprint density at radius 2 is 1.71 bits per heavy atom. The maximum absolute atomic E-state index is 13.1. The van der Waals surface area contributed by atoms with Gasteiger partial charge in [0.15, 0.2) is 0 Å². The molecule has 1 saturated heterocycles. The van der Waals surface area contributed by atoms with E-state index in [4.69, 9.17) is 4.74 Å². The highest BCUT2D eigenvalue weighted by Gasteiger charge is 2.24. The molecule has 1 fully saturated rings. The van der Waals surface area contributed by atoms with E-state index in [1.165, 1.54) is 24.3 Å². The minimum atomic E-state index is -3.86. The molecule has 2 N–H and O–H groups in total. The van der Waals surface area contributed by atoms with Gasteiger partial charge in [-0.1, -0.05) is 12.1 Å². The smallest absolute Gasteiger partial charge is 0.261 e. The van der Waals surface area contributed by atoms with Gasteiger partial charge in [-0.2, -0.15) is 0 Å². The van der Waals surface area contributed by atoms with E-state index in [0.29, 0.717) is 17.8 Å². The van der Waals surface area contributed by atoms with E-state index in [1.807, 2.05) is 24.3 Å². The molecule has 3 aromatic carbocycles. The van der Waals surface area contributed by atoms with Crippen LogP contribution in [0, 0.1) is 5.82 Å². The lowest BCUT2D eigenvalue weighted by Crippen LogP contribution is -2.36. The zero-order chi connectivity index (χ0) is 24.8. The van der Waals surface area contributed by atoms with Crippen molar-refractivity contribution in [1.82, 2.24) is 10.2 Å². The number of carbonyl (C=O) groups is 1. The molecule has 0 spiro atoms. The van der Waals surface area contributed by atoms with Crippen molar-refractivity contribution in [2.45, 2.75) is 23.8 Å². The van der Waals surface area contributed by atoms with Crippen LogP contribution in [-0.4, -0.2) is 46.0 Å². The zero-order valence-electron chi connectivity index (χ0n) is 19.4. The van der Waals surface area contributed by atoms with Crippen molar-refractivity contribution in [1.29, 1.82) is 0 Å². The second-order valence-corrected chi connectivity index (χ2v) is 10.1. The lowest BCUT2D eigenvalue weighted by molar-refractivity contribution is 0.0938. The number of hydrogen-bond donors (Lipinski definition) is 2. The van der Waals surface area contributed by atoms with Crippen molar-refractivity contribution in [3.63, 3.8) is 0 Å². The van der Waals surface area contributed by atoms with Crippen molar-refractivity contribution in [3.8, 4) is 5.75 Å². The SMILES string of the molecule is COc1cccc([C@H](CNC(=O)c2ccc(NS(=O)(=O)c3ccc(F)cc3)cc2)N2CCCC2)c1. The summed E-state index contributed by atoms with van der Waals surface area (Å²) in [4.78, 5) is 15.2. The standard InChI is InChI=1S/C26H28FN3O4S/c1-34-23-6-4-5-20(17-23)25(30-15-2-3-16-30)18-28-26(31)19-7-11-22(12-8-19)29-35(32,33)24-13-9-21(27)10-14-24/h4-14,17,25,29H,2-3,15-16,18H2,1H3,(H,28,31)/t25-/m0/s1. The summed E-state index contributed by atoms with van der Waals surface area (Å²) in [5, 5.41) is 3.02. The second kappa shape index (κ2) is 10.9. The Morgan fingerprint density at radius 3 is 2.37 bits per heavy atom. The normalized spacial score (nSPS) is 14.9. The molecule has 184 valence electrons. The number of hydrogen-bond acceptors (Lipinski definition) is 5. The molecule has 4 rings (SSSR count). The number of sulfonamides is 1. The minimum absolute atomic E-state index is 0.0262. The highest BCUT2D eigenvalue weighted by molar-refractivity contribution is 7.92. The Morgan fingerprint density at radius 1 is 1.03 bits per heavy atom. The maximum Gasteiger partial charge on any atom is 0.261 e. The van der Waals surface area contributed by atoms with Gasteiger partial charge in [0.1, 0.15) is 11.6 Å². The predicted octanol–water partition coefficient (Wildman–Crippen LogP) is 4.20. The van der Waals surface area contributed by atoms with Gasteiger partial charge in [0.2, 0.25) is 0 Å². The lowest BCUT2D eigenvalue weighted by Gasteiger charge is -2.28. The molecule has 0 radical (unpaired) electrons. The van der Waals surface area contributed by atoms with Gasteiger partial charge < -0.3 is 10.1 Å². The third-order valence-corrected chi connectivity index (χ3v) is 7.44. The van der Waals surface area contributed by atoms with E-state index in [9.17, 15) is 17.6 Å². The molecular weight excluding hydrogens is 469 g/mol. The highest BCUT2D eigenvalue weighted by atomic mass is 32.2. The third kappa shape index (κ3) is 6.17. The van der Waals surface area contributed by atoms with E-state index >= 15 is 0 Å². The van der Waals surface area contributed by atoms with Crippen LogP contribution in [0.2, 0.25) is 0 Å². The summed E-state index contributed by atoms with van der Waals surface area (Å²) in [6, 6.07) is 18.6. The minimum Gasteiger partial charge on any atom is -0.497 e. The molecule has 35 heavy (non-hydrogen) atoms. The predicted molar refractivity (Wildman–Crippen MR) is 133 cm³/mol.